The van der Waals surface area contributed by atoms with Crippen LogP contribution in [0.15, 0.2) is 182 Å². The number of benzene rings is 8. The first-order valence-corrected chi connectivity index (χ1v) is 19.1. The van der Waals surface area contributed by atoms with Gasteiger partial charge in [0.05, 0.1) is 0 Å². The number of nitrogens with zero attached hydrogens (tertiary/aromatic N) is 2. The van der Waals surface area contributed by atoms with Crippen molar-refractivity contribution in [2.45, 2.75) is 0 Å². The molecule has 11 aromatic rings. The molecule has 238 valence electrons. The first-order chi connectivity index (χ1) is 25.3. The fraction of sp³-hybridized carbons (Fsp3) is 0. The summed E-state index contributed by atoms with van der Waals surface area (Å²) in [6, 6.07) is 67.1. The van der Waals surface area contributed by atoms with Gasteiger partial charge in [-0.1, -0.05) is 0 Å². The van der Waals surface area contributed by atoms with Gasteiger partial charge < -0.3 is 0 Å². The zero-order valence-corrected chi connectivity index (χ0v) is 29.3. The Balaban J connectivity index is 1.21. The van der Waals surface area contributed by atoms with Crippen LogP contribution < -0.4 is 0 Å². The van der Waals surface area contributed by atoms with Gasteiger partial charge in [0.2, 0.25) is 0 Å². The summed E-state index contributed by atoms with van der Waals surface area (Å²) < 4.78 is 7.86. The van der Waals surface area contributed by atoms with Gasteiger partial charge in [0, 0.05) is 0 Å². The van der Waals surface area contributed by atoms with Gasteiger partial charge in [0.1, 0.15) is 0 Å². The number of hydrogen-bond donors (Lipinski definition) is 0. The van der Waals surface area contributed by atoms with Crippen LogP contribution >= 0.6 is 0 Å². The maximum absolute atomic E-state index is 2.54. The fourth-order valence-corrected chi connectivity index (χ4v) is 10.7. The average molecular weight is 714 g/mol. The Morgan fingerprint density at radius 3 is 1.49 bits per heavy atom. The molecule has 8 aromatic carbocycles. The Kier molecular flexibility index (Phi) is 6.30. The summed E-state index contributed by atoms with van der Waals surface area (Å²) in [4.78, 5) is 0. The van der Waals surface area contributed by atoms with Crippen molar-refractivity contribution in [3.8, 4) is 33.6 Å². The molecule has 0 atom stereocenters. The summed E-state index contributed by atoms with van der Waals surface area (Å²) in [5.74, 6) is 0. The van der Waals surface area contributed by atoms with Crippen LogP contribution in [0.2, 0.25) is 0 Å². The Bertz CT molecular complexity index is 3070. The molecule has 0 saturated heterocycles. The van der Waals surface area contributed by atoms with Gasteiger partial charge >= 0.3 is 302 Å². The van der Waals surface area contributed by atoms with Crippen LogP contribution in [0.3, 0.4) is 0 Å². The Labute approximate surface area is 300 Å². The first kappa shape index (κ1) is 28.7. The third-order valence-electron chi connectivity index (χ3n) is 10.5. The fourth-order valence-electron chi connectivity index (χ4n) is 8.22. The molecule has 3 heteroatoms. The zero-order chi connectivity index (χ0) is 33.5. The minimum absolute atomic E-state index is 0.216. The van der Waals surface area contributed by atoms with Crippen molar-refractivity contribution >= 4 is 77.4 Å². The standard InChI is InChI=1S/C48H30N2Se/c1-2-12-31(13-3-1)32-22-24-33(25-23-32)34-28-45(48-40-17-7-11-21-46(40)51-47(48)29-34)50-43-20-10-6-16-38(43)39-27-26-35(30-44(39)50)49-41-18-8-4-14-36(41)37-15-5-9-19-42(37)49/h1-30H. The van der Waals surface area contributed by atoms with Gasteiger partial charge in [0.15, 0.2) is 0 Å². The van der Waals surface area contributed by atoms with Crippen LogP contribution in [0.25, 0.3) is 96.5 Å². The van der Waals surface area contributed by atoms with E-state index in [1.54, 1.807) is 0 Å². The predicted octanol–water partition coefficient (Wildman–Crippen LogP) is 12.6. The van der Waals surface area contributed by atoms with Crippen molar-refractivity contribution < 1.29 is 0 Å². The molecular formula is C48H30N2Se. The SMILES string of the molecule is c1ccc(-c2ccc(-c3cc(-n4c5ccccc5c5ccc(-n6c7ccccc7c7ccccc76)cc54)c4c(c3)[se]c3ccccc34)cc2)cc1. The Morgan fingerprint density at radius 2 is 0.824 bits per heavy atom. The van der Waals surface area contributed by atoms with Gasteiger partial charge in [-0.3, -0.25) is 0 Å². The van der Waals surface area contributed by atoms with E-state index >= 15 is 0 Å². The van der Waals surface area contributed by atoms with Crippen molar-refractivity contribution in [3.05, 3.63) is 182 Å². The summed E-state index contributed by atoms with van der Waals surface area (Å²) in [6.07, 6.45) is 0. The second kappa shape index (κ2) is 11.2. The molecule has 0 fully saturated rings. The van der Waals surface area contributed by atoms with E-state index in [0.29, 0.717) is 0 Å². The van der Waals surface area contributed by atoms with Crippen LogP contribution in [-0.4, -0.2) is 23.6 Å². The van der Waals surface area contributed by atoms with Crippen LogP contribution in [-0.2, 0) is 0 Å². The molecule has 0 amide bonds. The van der Waals surface area contributed by atoms with Gasteiger partial charge in [-0.25, -0.2) is 0 Å². The molecule has 0 N–H and O–H groups in total. The molecule has 0 aliphatic rings. The molecule has 3 heterocycles. The first-order valence-electron chi connectivity index (χ1n) is 17.4. The third kappa shape index (κ3) is 4.36. The van der Waals surface area contributed by atoms with Gasteiger partial charge in [-0.2, -0.15) is 0 Å². The number of para-hydroxylation sites is 3. The number of aromatic nitrogens is 2. The van der Waals surface area contributed by atoms with Crippen LogP contribution in [0.5, 0.6) is 0 Å². The summed E-state index contributed by atoms with van der Waals surface area (Å²) in [5.41, 5.74) is 12.2. The summed E-state index contributed by atoms with van der Waals surface area (Å²) in [5, 5.41) is 7.80. The molecule has 2 nitrogen and oxygen atoms in total. The van der Waals surface area contributed by atoms with Crippen molar-refractivity contribution in [3.63, 3.8) is 0 Å². The van der Waals surface area contributed by atoms with Crippen LogP contribution in [0.1, 0.15) is 0 Å². The molecule has 0 spiro atoms. The van der Waals surface area contributed by atoms with Crippen molar-refractivity contribution in [2.75, 3.05) is 0 Å². The molecule has 0 saturated carbocycles. The maximum atomic E-state index is 2.54. The van der Waals surface area contributed by atoms with E-state index in [1.807, 2.05) is 0 Å². The zero-order valence-electron chi connectivity index (χ0n) is 27.6. The summed E-state index contributed by atoms with van der Waals surface area (Å²) >= 11 is 0.216. The van der Waals surface area contributed by atoms with E-state index < -0.39 is 0 Å². The molecule has 51 heavy (non-hydrogen) atoms. The van der Waals surface area contributed by atoms with E-state index in [4.69, 9.17) is 0 Å². The van der Waals surface area contributed by atoms with Gasteiger partial charge in [0.25, 0.3) is 0 Å². The second-order valence-electron chi connectivity index (χ2n) is 13.3. The molecule has 0 radical (unpaired) electrons. The number of fused-ring (bicyclic) bond motifs is 9. The van der Waals surface area contributed by atoms with Crippen molar-refractivity contribution in [1.29, 1.82) is 0 Å². The van der Waals surface area contributed by atoms with Crippen LogP contribution in [0.4, 0.5) is 0 Å². The Morgan fingerprint density at radius 1 is 0.314 bits per heavy atom. The normalized spacial score (nSPS) is 11.9. The molecule has 0 unspecified atom stereocenters. The Hall–Kier alpha value is -6.12. The van der Waals surface area contributed by atoms with E-state index in [2.05, 4.69) is 191 Å². The topological polar surface area (TPSA) is 9.86 Å². The molecule has 0 bridgehead atoms. The molecule has 0 aliphatic carbocycles. The van der Waals surface area contributed by atoms with E-state index in [9.17, 15) is 0 Å². The number of hydrogen-bond acceptors (Lipinski definition) is 0. The average Bonchev–Trinajstić information content (AvgIpc) is 3.85. The van der Waals surface area contributed by atoms with Crippen molar-refractivity contribution in [2.24, 2.45) is 0 Å². The van der Waals surface area contributed by atoms with Gasteiger partial charge in [-0.15, -0.1) is 0 Å². The summed E-state index contributed by atoms with van der Waals surface area (Å²) in [7, 11) is 0. The van der Waals surface area contributed by atoms with Gasteiger partial charge in [-0.05, 0) is 0 Å². The van der Waals surface area contributed by atoms with E-state index in [1.165, 1.54) is 90.8 Å². The number of rotatable bonds is 4. The second-order valence-corrected chi connectivity index (χ2v) is 15.6. The third-order valence-corrected chi connectivity index (χ3v) is 12.9. The van der Waals surface area contributed by atoms with E-state index in [0.717, 1.165) is 5.69 Å². The molecule has 3 aromatic heterocycles. The molecule has 11 rings (SSSR count). The summed E-state index contributed by atoms with van der Waals surface area (Å²) in [6.45, 7) is 0. The van der Waals surface area contributed by atoms with E-state index in [-0.39, 0.29) is 14.5 Å². The van der Waals surface area contributed by atoms with Crippen LogP contribution in [0, 0.1) is 0 Å². The quantitative estimate of drug-likeness (QED) is 0.161. The monoisotopic (exact) mass is 714 g/mol. The molecule has 0 aliphatic heterocycles. The minimum atomic E-state index is 0.216. The molecular weight excluding hydrogens is 684 g/mol. The predicted molar refractivity (Wildman–Crippen MR) is 218 cm³/mol. The van der Waals surface area contributed by atoms with Crippen molar-refractivity contribution in [1.82, 2.24) is 9.13 Å².